The van der Waals surface area contributed by atoms with Crippen LogP contribution in [-0.2, 0) is 4.79 Å². The monoisotopic (exact) mass is 169 g/mol. The maximum Gasteiger partial charge on any atom is 0.219 e. The lowest BCUT2D eigenvalue weighted by Crippen LogP contribution is -2.39. The van der Waals surface area contributed by atoms with Gasteiger partial charge in [-0.1, -0.05) is 0 Å². The third kappa shape index (κ3) is 3.35. The molecule has 1 amide bonds. The van der Waals surface area contributed by atoms with Crippen molar-refractivity contribution in [3.8, 4) is 6.07 Å². The van der Waals surface area contributed by atoms with Gasteiger partial charge in [-0.25, -0.2) is 0 Å². The van der Waals surface area contributed by atoms with Crippen LogP contribution in [0.4, 0.5) is 0 Å². The molecule has 1 unspecified atom stereocenters. The second-order valence-corrected chi connectivity index (χ2v) is 3.01. The van der Waals surface area contributed by atoms with E-state index in [1.807, 2.05) is 14.1 Å². The smallest absolute Gasteiger partial charge is 0.219 e. The molecule has 4 heteroatoms. The van der Waals surface area contributed by atoms with Crippen LogP contribution < -0.4 is 0 Å². The highest BCUT2D eigenvalue weighted by atomic mass is 16.2. The molecule has 0 bridgehead atoms. The van der Waals surface area contributed by atoms with Gasteiger partial charge < -0.3 is 4.90 Å². The summed E-state index contributed by atoms with van der Waals surface area (Å²) in [5.74, 6) is -0.0166. The topological polar surface area (TPSA) is 47.3 Å². The average molecular weight is 169 g/mol. The first kappa shape index (κ1) is 10.9. The normalized spacial score (nSPS) is 12.3. The van der Waals surface area contributed by atoms with Crippen molar-refractivity contribution in [2.24, 2.45) is 0 Å². The molecule has 0 aliphatic carbocycles. The van der Waals surface area contributed by atoms with E-state index >= 15 is 0 Å². The van der Waals surface area contributed by atoms with Gasteiger partial charge >= 0.3 is 0 Å². The molecule has 0 aromatic rings. The lowest BCUT2D eigenvalue weighted by atomic mass is 10.3. The summed E-state index contributed by atoms with van der Waals surface area (Å²) in [6, 6.07) is 1.90. The standard InChI is InChI=1S/C8H15N3O/c1-7(12)11(4)6-8(5-9)10(2)3/h8H,6H2,1-4H3. The van der Waals surface area contributed by atoms with Crippen molar-refractivity contribution >= 4 is 5.91 Å². The van der Waals surface area contributed by atoms with Gasteiger partial charge in [-0.2, -0.15) is 5.26 Å². The van der Waals surface area contributed by atoms with Gasteiger partial charge in [0.2, 0.25) is 5.91 Å². The highest BCUT2D eigenvalue weighted by Crippen LogP contribution is 1.94. The van der Waals surface area contributed by atoms with Crippen LogP contribution in [0.1, 0.15) is 6.92 Å². The van der Waals surface area contributed by atoms with Crippen LogP contribution >= 0.6 is 0 Å². The van der Waals surface area contributed by atoms with Crippen LogP contribution in [-0.4, -0.2) is 49.4 Å². The molecule has 0 radical (unpaired) electrons. The summed E-state index contributed by atoms with van der Waals surface area (Å²) in [6.45, 7) is 1.95. The molecule has 4 nitrogen and oxygen atoms in total. The minimum atomic E-state index is -0.223. The van der Waals surface area contributed by atoms with E-state index in [1.54, 1.807) is 11.9 Å². The zero-order valence-corrected chi connectivity index (χ0v) is 8.03. The molecule has 0 aromatic heterocycles. The second kappa shape index (κ2) is 4.73. The molecule has 0 saturated heterocycles. The molecule has 0 spiro atoms. The van der Waals surface area contributed by atoms with Crippen LogP contribution in [0.15, 0.2) is 0 Å². The molecule has 0 heterocycles. The Kier molecular flexibility index (Phi) is 4.30. The van der Waals surface area contributed by atoms with Crippen molar-refractivity contribution in [3.63, 3.8) is 0 Å². The molecule has 0 fully saturated rings. The van der Waals surface area contributed by atoms with Crippen LogP contribution in [0.2, 0.25) is 0 Å². The number of rotatable bonds is 3. The summed E-state index contributed by atoms with van der Waals surface area (Å²) in [5, 5.41) is 8.70. The molecule has 0 aliphatic rings. The Morgan fingerprint density at radius 3 is 2.25 bits per heavy atom. The van der Waals surface area contributed by atoms with Crippen molar-refractivity contribution < 1.29 is 4.79 Å². The zero-order valence-electron chi connectivity index (χ0n) is 8.03. The van der Waals surface area contributed by atoms with Crippen molar-refractivity contribution in [2.45, 2.75) is 13.0 Å². The van der Waals surface area contributed by atoms with Gasteiger partial charge in [0.1, 0.15) is 6.04 Å². The first-order chi connectivity index (χ1) is 5.49. The maximum absolute atomic E-state index is 10.8. The van der Waals surface area contributed by atoms with Gasteiger partial charge in [0.15, 0.2) is 0 Å². The van der Waals surface area contributed by atoms with Gasteiger partial charge in [0.05, 0.1) is 6.07 Å². The number of hydrogen-bond donors (Lipinski definition) is 0. The van der Waals surface area contributed by atoms with Gasteiger partial charge in [0.25, 0.3) is 0 Å². The van der Waals surface area contributed by atoms with E-state index in [0.29, 0.717) is 6.54 Å². The van der Waals surface area contributed by atoms with E-state index < -0.39 is 0 Å². The summed E-state index contributed by atoms with van der Waals surface area (Å²) in [7, 11) is 5.33. The Balaban J connectivity index is 4.05. The third-order valence-corrected chi connectivity index (χ3v) is 1.76. The van der Waals surface area contributed by atoms with Crippen molar-refractivity contribution in [1.29, 1.82) is 5.26 Å². The fourth-order valence-electron chi connectivity index (χ4n) is 0.708. The first-order valence-electron chi connectivity index (χ1n) is 3.76. The molecule has 0 N–H and O–H groups in total. The Bertz CT molecular complexity index is 195. The van der Waals surface area contributed by atoms with Crippen molar-refractivity contribution in [3.05, 3.63) is 0 Å². The van der Waals surface area contributed by atoms with Crippen LogP contribution in [0, 0.1) is 11.3 Å². The number of carbonyl (C=O) groups excluding carboxylic acids is 1. The second-order valence-electron chi connectivity index (χ2n) is 3.01. The largest absolute Gasteiger partial charge is 0.343 e. The molecule has 12 heavy (non-hydrogen) atoms. The van der Waals surface area contributed by atoms with Gasteiger partial charge in [-0.3, -0.25) is 9.69 Å². The molecular weight excluding hydrogens is 154 g/mol. The number of nitriles is 1. The third-order valence-electron chi connectivity index (χ3n) is 1.76. The Morgan fingerprint density at radius 2 is 2.00 bits per heavy atom. The van der Waals surface area contributed by atoms with Crippen molar-refractivity contribution in [2.75, 3.05) is 27.7 Å². The summed E-state index contributed by atoms with van der Waals surface area (Å²) in [5.41, 5.74) is 0. The fourth-order valence-corrected chi connectivity index (χ4v) is 0.708. The number of hydrogen-bond acceptors (Lipinski definition) is 3. The molecule has 0 rings (SSSR count). The number of likely N-dealkylation sites (N-methyl/N-ethyl adjacent to an activating group) is 2. The van der Waals surface area contributed by atoms with Crippen LogP contribution in [0.25, 0.3) is 0 Å². The maximum atomic E-state index is 10.8. The van der Waals surface area contributed by atoms with Crippen molar-refractivity contribution in [1.82, 2.24) is 9.80 Å². The summed E-state index contributed by atoms with van der Waals surface area (Å²) in [6.07, 6.45) is 0. The molecule has 0 aromatic carbocycles. The lowest BCUT2D eigenvalue weighted by molar-refractivity contribution is -0.127. The van der Waals surface area contributed by atoms with E-state index in [-0.39, 0.29) is 11.9 Å². The molecule has 0 saturated carbocycles. The number of amides is 1. The van der Waals surface area contributed by atoms with E-state index in [0.717, 1.165) is 0 Å². The van der Waals surface area contributed by atoms with Gasteiger partial charge in [0, 0.05) is 20.5 Å². The zero-order chi connectivity index (χ0) is 9.72. The van der Waals surface area contributed by atoms with Gasteiger partial charge in [-0.05, 0) is 14.1 Å². The van der Waals surface area contributed by atoms with Crippen LogP contribution in [0.3, 0.4) is 0 Å². The predicted molar refractivity (Wildman–Crippen MR) is 46.4 cm³/mol. The number of carbonyl (C=O) groups is 1. The SMILES string of the molecule is CC(=O)N(C)CC(C#N)N(C)C. The van der Waals surface area contributed by atoms with E-state index in [2.05, 4.69) is 6.07 Å². The fraction of sp³-hybridized carbons (Fsp3) is 0.750. The highest BCUT2D eigenvalue weighted by molar-refractivity contribution is 5.72. The highest BCUT2D eigenvalue weighted by Gasteiger charge is 2.13. The Morgan fingerprint density at radius 1 is 1.50 bits per heavy atom. The lowest BCUT2D eigenvalue weighted by Gasteiger charge is -2.22. The predicted octanol–water partition coefficient (Wildman–Crippen LogP) is -0.0815. The summed E-state index contributed by atoms with van der Waals surface area (Å²) in [4.78, 5) is 14.1. The minimum Gasteiger partial charge on any atom is -0.343 e. The summed E-state index contributed by atoms with van der Waals surface area (Å²) < 4.78 is 0. The average Bonchev–Trinajstić information content (AvgIpc) is 1.98. The first-order valence-corrected chi connectivity index (χ1v) is 3.76. The summed E-state index contributed by atoms with van der Waals surface area (Å²) >= 11 is 0. The van der Waals surface area contributed by atoms with Crippen LogP contribution in [0.5, 0.6) is 0 Å². The van der Waals surface area contributed by atoms with E-state index in [4.69, 9.17) is 5.26 Å². The van der Waals surface area contributed by atoms with Gasteiger partial charge in [-0.15, -0.1) is 0 Å². The van der Waals surface area contributed by atoms with E-state index in [9.17, 15) is 4.79 Å². The Labute approximate surface area is 73.4 Å². The minimum absolute atomic E-state index is 0.0166. The Hall–Kier alpha value is -1.08. The van der Waals surface area contributed by atoms with E-state index in [1.165, 1.54) is 11.8 Å². The number of nitrogens with zero attached hydrogens (tertiary/aromatic N) is 3. The quantitative estimate of drug-likeness (QED) is 0.593. The molecule has 68 valence electrons. The molecule has 1 atom stereocenters. The molecule has 0 aliphatic heterocycles. The molecular formula is C8H15N3O.